The van der Waals surface area contributed by atoms with Gasteiger partial charge in [0.25, 0.3) is 0 Å². The number of hydrogen-bond donors (Lipinski definition) is 2. The number of ether oxygens (including phenoxy) is 1. The molecule has 10 heteroatoms. The number of unbranched alkanes of at least 4 members (excludes halogenated alkanes) is 1. The molecule has 0 spiro atoms. The summed E-state index contributed by atoms with van der Waals surface area (Å²) in [6.07, 6.45) is 4.86. The average molecular weight is 522 g/mol. The Hall–Kier alpha value is -4.21. The molecule has 0 bridgehead atoms. The van der Waals surface area contributed by atoms with Crippen molar-refractivity contribution in [3.8, 4) is 0 Å². The van der Waals surface area contributed by atoms with Crippen LogP contribution in [0.15, 0.2) is 61.3 Å². The van der Waals surface area contributed by atoms with Crippen LogP contribution in [0, 0.1) is 0 Å². The van der Waals surface area contributed by atoms with Crippen LogP contribution in [0.3, 0.4) is 0 Å². The van der Waals surface area contributed by atoms with Gasteiger partial charge in [-0.25, -0.2) is 9.78 Å². The Morgan fingerprint density at radius 3 is 2.42 bits per heavy atom. The summed E-state index contributed by atoms with van der Waals surface area (Å²) >= 11 is 0. The smallest absolute Gasteiger partial charge is 0.356 e. The number of carbonyl (C=O) groups is 4. The number of carbonyl (C=O) groups excluding carboxylic acids is 4. The van der Waals surface area contributed by atoms with Gasteiger partial charge in [-0.2, -0.15) is 0 Å². The molecule has 1 aromatic heterocycles. The maximum absolute atomic E-state index is 13.4. The molecule has 2 aromatic rings. The van der Waals surface area contributed by atoms with Crippen molar-refractivity contribution < 1.29 is 23.9 Å². The lowest BCUT2D eigenvalue weighted by molar-refractivity contribution is -0.136. The minimum absolute atomic E-state index is 0.111. The van der Waals surface area contributed by atoms with Crippen LogP contribution < -0.4 is 15.5 Å². The minimum atomic E-state index is -0.645. The highest BCUT2D eigenvalue weighted by molar-refractivity contribution is 5.89. The van der Waals surface area contributed by atoms with Gasteiger partial charge >= 0.3 is 5.97 Å². The lowest BCUT2D eigenvalue weighted by Gasteiger charge is -2.37. The van der Waals surface area contributed by atoms with Crippen LogP contribution in [0.4, 0.5) is 5.69 Å². The van der Waals surface area contributed by atoms with Gasteiger partial charge in [-0.3, -0.25) is 14.4 Å². The van der Waals surface area contributed by atoms with Gasteiger partial charge in [0.2, 0.25) is 17.7 Å². The maximum atomic E-state index is 13.4. The Bertz CT molecular complexity index is 1100. The minimum Gasteiger partial charge on any atom is -0.464 e. The molecule has 1 atom stereocenters. The first-order valence-corrected chi connectivity index (χ1v) is 12.7. The van der Waals surface area contributed by atoms with Gasteiger partial charge in [0.15, 0.2) is 0 Å². The van der Waals surface area contributed by atoms with Crippen molar-refractivity contribution in [2.45, 2.75) is 31.7 Å². The van der Waals surface area contributed by atoms with Crippen molar-refractivity contribution in [1.29, 1.82) is 0 Å². The molecule has 38 heavy (non-hydrogen) atoms. The third kappa shape index (κ3) is 8.43. The molecule has 1 aromatic carbocycles. The van der Waals surface area contributed by atoms with Crippen LogP contribution in [0.1, 0.15) is 35.3 Å². The predicted octanol–water partition coefficient (Wildman–Crippen LogP) is 1.72. The fourth-order valence-electron chi connectivity index (χ4n) is 4.25. The monoisotopic (exact) mass is 521 g/mol. The molecule has 1 fully saturated rings. The summed E-state index contributed by atoms with van der Waals surface area (Å²) in [5, 5.41) is 5.67. The first-order valence-electron chi connectivity index (χ1n) is 12.7. The van der Waals surface area contributed by atoms with Crippen molar-refractivity contribution in [3.63, 3.8) is 0 Å². The molecule has 3 amide bonds. The number of hydrogen-bond acceptors (Lipinski definition) is 7. The number of nitrogens with zero attached hydrogens (tertiary/aromatic N) is 3. The van der Waals surface area contributed by atoms with Gasteiger partial charge in [0.1, 0.15) is 11.7 Å². The third-order valence-electron chi connectivity index (χ3n) is 6.34. The van der Waals surface area contributed by atoms with E-state index in [9.17, 15) is 19.2 Å². The summed E-state index contributed by atoms with van der Waals surface area (Å²) in [5.74, 6) is -1.04. The number of anilines is 1. The molecule has 1 saturated heterocycles. The molecule has 202 valence electrons. The van der Waals surface area contributed by atoms with E-state index in [0.717, 1.165) is 11.3 Å². The maximum Gasteiger partial charge on any atom is 0.356 e. The van der Waals surface area contributed by atoms with Crippen LogP contribution in [0.25, 0.3) is 0 Å². The topological polar surface area (TPSA) is 121 Å². The second-order valence-electron chi connectivity index (χ2n) is 8.98. The first-order chi connectivity index (χ1) is 18.4. The van der Waals surface area contributed by atoms with E-state index < -0.39 is 12.0 Å². The second kappa shape index (κ2) is 14.5. The molecule has 2 N–H and O–H groups in total. The standard InChI is InChI=1S/C28H35N5O5/c1-3-25(34)29-14-8-7-11-23(31-26(35)19-21-9-5-4-6-10-21)27(36)33-17-15-32(16-18-33)22-12-13-24(30-20-22)28(37)38-2/h3-6,9-10,12-13,20,23H,1,7-8,11,14-19H2,2H3,(H,29,34)(H,31,35)/t23-/m0/s1. The summed E-state index contributed by atoms with van der Waals surface area (Å²) in [6.45, 7) is 6.11. The van der Waals surface area contributed by atoms with E-state index in [-0.39, 0.29) is 29.8 Å². The lowest BCUT2D eigenvalue weighted by atomic mass is 10.1. The fraction of sp³-hybridized carbons (Fsp3) is 0.393. The van der Waals surface area contributed by atoms with Gasteiger partial charge in [0.05, 0.1) is 25.4 Å². The van der Waals surface area contributed by atoms with E-state index in [1.54, 1.807) is 17.2 Å². The molecule has 1 aliphatic heterocycles. The van der Waals surface area contributed by atoms with Crippen LogP contribution >= 0.6 is 0 Å². The highest BCUT2D eigenvalue weighted by Gasteiger charge is 2.28. The highest BCUT2D eigenvalue weighted by Crippen LogP contribution is 2.17. The first kappa shape index (κ1) is 28.4. The van der Waals surface area contributed by atoms with Crippen LogP contribution in [-0.4, -0.2) is 79.5 Å². The number of benzene rings is 1. The summed E-state index contributed by atoms with van der Waals surface area (Å²) in [7, 11) is 1.31. The van der Waals surface area contributed by atoms with E-state index in [2.05, 4.69) is 27.1 Å². The molecular formula is C28H35N5O5. The average Bonchev–Trinajstić information content (AvgIpc) is 2.96. The Morgan fingerprint density at radius 2 is 1.79 bits per heavy atom. The largest absolute Gasteiger partial charge is 0.464 e. The SMILES string of the molecule is C=CC(=O)NCCCC[C@H](NC(=O)Cc1ccccc1)C(=O)N1CCN(c2ccc(C(=O)OC)nc2)CC1. The van der Waals surface area contributed by atoms with Gasteiger partial charge < -0.3 is 25.2 Å². The number of methoxy groups -OCH3 is 1. The Balaban J connectivity index is 1.57. The number of nitrogens with one attached hydrogen (secondary N) is 2. The fourth-order valence-corrected chi connectivity index (χ4v) is 4.25. The van der Waals surface area contributed by atoms with Crippen molar-refractivity contribution in [2.24, 2.45) is 0 Å². The Morgan fingerprint density at radius 1 is 1.05 bits per heavy atom. The normalized spacial score (nSPS) is 13.8. The van der Waals surface area contributed by atoms with Gasteiger partial charge in [0, 0.05) is 32.7 Å². The van der Waals surface area contributed by atoms with Gasteiger partial charge in [-0.05, 0) is 43.0 Å². The Kier molecular flexibility index (Phi) is 10.8. The number of amides is 3. The molecule has 0 radical (unpaired) electrons. The zero-order valence-corrected chi connectivity index (χ0v) is 21.7. The number of rotatable bonds is 12. The van der Waals surface area contributed by atoms with Gasteiger partial charge in [-0.1, -0.05) is 36.9 Å². The summed E-state index contributed by atoms with van der Waals surface area (Å²) in [4.78, 5) is 57.2. The molecular weight excluding hydrogens is 486 g/mol. The quantitative estimate of drug-likeness (QED) is 0.248. The van der Waals surface area contributed by atoms with E-state index in [1.807, 2.05) is 36.4 Å². The van der Waals surface area contributed by atoms with Crippen LogP contribution in [0.2, 0.25) is 0 Å². The number of piperazine rings is 1. The van der Waals surface area contributed by atoms with Crippen molar-refractivity contribution >= 4 is 29.4 Å². The van der Waals surface area contributed by atoms with Crippen LogP contribution in [-0.2, 0) is 25.5 Å². The van der Waals surface area contributed by atoms with E-state index in [0.29, 0.717) is 52.0 Å². The van der Waals surface area contributed by atoms with E-state index in [4.69, 9.17) is 4.74 Å². The van der Waals surface area contributed by atoms with Crippen molar-refractivity contribution in [1.82, 2.24) is 20.5 Å². The van der Waals surface area contributed by atoms with E-state index >= 15 is 0 Å². The molecule has 0 saturated carbocycles. The van der Waals surface area contributed by atoms with Gasteiger partial charge in [-0.15, -0.1) is 0 Å². The molecule has 1 aliphatic rings. The van der Waals surface area contributed by atoms with E-state index in [1.165, 1.54) is 13.2 Å². The summed E-state index contributed by atoms with van der Waals surface area (Å²) in [6, 6.07) is 12.2. The molecule has 0 unspecified atom stereocenters. The number of pyridine rings is 1. The Labute approximate surface area is 223 Å². The summed E-state index contributed by atoms with van der Waals surface area (Å²) in [5.41, 5.74) is 1.98. The van der Waals surface area contributed by atoms with Crippen molar-refractivity contribution in [2.75, 3.05) is 44.7 Å². The molecule has 3 rings (SSSR count). The van der Waals surface area contributed by atoms with Crippen molar-refractivity contribution in [3.05, 3.63) is 72.6 Å². The zero-order valence-electron chi connectivity index (χ0n) is 21.7. The lowest BCUT2D eigenvalue weighted by Crippen LogP contribution is -2.55. The molecule has 10 nitrogen and oxygen atoms in total. The number of aromatic nitrogens is 1. The second-order valence-corrected chi connectivity index (χ2v) is 8.98. The zero-order chi connectivity index (χ0) is 27.3. The third-order valence-corrected chi connectivity index (χ3v) is 6.34. The highest BCUT2D eigenvalue weighted by atomic mass is 16.5. The van der Waals surface area contributed by atoms with Crippen LogP contribution in [0.5, 0.6) is 0 Å². The number of esters is 1. The molecule has 0 aliphatic carbocycles. The molecule has 2 heterocycles. The summed E-state index contributed by atoms with van der Waals surface area (Å²) < 4.78 is 4.69. The predicted molar refractivity (Wildman–Crippen MR) is 144 cm³/mol.